The van der Waals surface area contributed by atoms with Gasteiger partial charge in [0.2, 0.25) is 0 Å². The number of benzene rings is 2. The minimum Gasteiger partial charge on any atom is -0.481 e. The summed E-state index contributed by atoms with van der Waals surface area (Å²) in [6.07, 6.45) is 1.09. The summed E-state index contributed by atoms with van der Waals surface area (Å²) in [5, 5.41) is 4.35. The van der Waals surface area contributed by atoms with Gasteiger partial charge in [-0.15, -0.1) is 4.68 Å². The first kappa shape index (κ1) is 19.1. The maximum absolute atomic E-state index is 12.5. The lowest BCUT2D eigenvalue weighted by Crippen LogP contribution is -2.32. The van der Waals surface area contributed by atoms with Crippen LogP contribution in [0, 0.1) is 0 Å². The van der Waals surface area contributed by atoms with Crippen LogP contribution in [0.1, 0.15) is 19.4 Å². The number of rotatable bonds is 6. The molecule has 0 aliphatic heterocycles. The Morgan fingerprint density at radius 2 is 1.86 bits per heavy atom. The third kappa shape index (κ3) is 4.35. The highest BCUT2D eigenvalue weighted by molar-refractivity contribution is 5.84. The van der Waals surface area contributed by atoms with E-state index in [0.29, 0.717) is 22.2 Å². The number of fused-ring (bicyclic) bond motifs is 1. The van der Waals surface area contributed by atoms with E-state index in [1.807, 2.05) is 0 Å². The van der Waals surface area contributed by atoms with Crippen molar-refractivity contribution in [1.82, 2.24) is 9.66 Å². The molecule has 1 heterocycles. The maximum Gasteiger partial charge on any atom is 0.349 e. The molecule has 0 saturated carbocycles. The molecule has 8 heteroatoms. The number of para-hydroxylation sites is 2. The Morgan fingerprint density at radius 3 is 2.64 bits per heavy atom. The van der Waals surface area contributed by atoms with E-state index in [1.54, 1.807) is 62.4 Å². The molecule has 0 spiro atoms. The van der Waals surface area contributed by atoms with Crippen LogP contribution in [0.2, 0.25) is 0 Å². The largest absolute Gasteiger partial charge is 0.481 e. The second kappa shape index (κ2) is 8.34. The molecule has 0 aliphatic carbocycles. The molecule has 0 unspecified atom stereocenters. The van der Waals surface area contributed by atoms with Crippen LogP contribution in [-0.4, -0.2) is 34.6 Å². The van der Waals surface area contributed by atoms with Crippen LogP contribution in [0.3, 0.4) is 0 Å². The van der Waals surface area contributed by atoms with Gasteiger partial charge in [-0.3, -0.25) is 4.79 Å². The van der Waals surface area contributed by atoms with Gasteiger partial charge in [-0.2, -0.15) is 5.10 Å². The highest BCUT2D eigenvalue weighted by atomic mass is 16.6. The second-order valence-corrected chi connectivity index (χ2v) is 6.20. The Kier molecular flexibility index (Phi) is 5.69. The van der Waals surface area contributed by atoms with Crippen molar-refractivity contribution in [2.45, 2.75) is 20.0 Å². The quantitative estimate of drug-likeness (QED) is 0.519. The average Bonchev–Trinajstić information content (AvgIpc) is 2.66. The van der Waals surface area contributed by atoms with Gasteiger partial charge in [-0.25, -0.2) is 9.59 Å². The highest BCUT2D eigenvalue weighted by Crippen LogP contribution is 2.16. The number of carbonyl (C=O) groups excluding carboxylic acids is 1. The van der Waals surface area contributed by atoms with Crippen LogP contribution in [-0.2, 0) is 9.53 Å². The first-order valence-corrected chi connectivity index (χ1v) is 8.65. The number of H-pyrrole nitrogens is 1. The molecule has 8 nitrogen and oxygen atoms in total. The molecule has 0 radical (unpaired) electrons. The number of aromatic nitrogens is 2. The van der Waals surface area contributed by atoms with E-state index in [1.165, 1.54) is 6.21 Å². The number of nitrogens with zero attached hydrogens (tertiary/aromatic N) is 2. The Hall–Kier alpha value is -3.68. The lowest BCUT2D eigenvalue weighted by Gasteiger charge is -2.10. The molecular formula is C20H19N3O5. The van der Waals surface area contributed by atoms with Crippen LogP contribution < -0.4 is 16.0 Å². The lowest BCUT2D eigenvalue weighted by atomic mass is 10.2. The van der Waals surface area contributed by atoms with E-state index in [9.17, 15) is 14.4 Å². The summed E-state index contributed by atoms with van der Waals surface area (Å²) in [6.45, 7) is 3.23. The molecule has 0 saturated heterocycles. The summed E-state index contributed by atoms with van der Waals surface area (Å²) in [5.41, 5.74) is -0.246. The Morgan fingerprint density at radius 1 is 1.14 bits per heavy atom. The highest BCUT2D eigenvalue weighted by Gasteiger charge is 2.09. The molecule has 1 aromatic heterocycles. The fourth-order valence-corrected chi connectivity index (χ4v) is 2.53. The van der Waals surface area contributed by atoms with Gasteiger partial charge in [0.1, 0.15) is 5.75 Å². The van der Waals surface area contributed by atoms with Crippen molar-refractivity contribution in [2.24, 2.45) is 5.10 Å². The molecule has 0 bridgehead atoms. The number of nitrogens with one attached hydrogen (secondary N) is 1. The van der Waals surface area contributed by atoms with Crippen LogP contribution in [0.25, 0.3) is 10.9 Å². The van der Waals surface area contributed by atoms with Crippen molar-refractivity contribution in [3.63, 3.8) is 0 Å². The van der Waals surface area contributed by atoms with Gasteiger partial charge in [-0.05, 0) is 38.1 Å². The van der Waals surface area contributed by atoms with E-state index in [4.69, 9.17) is 9.47 Å². The number of aromatic amines is 1. The number of ether oxygens (including phenoxy) is 2. The molecule has 1 N–H and O–H groups in total. The molecule has 2 aromatic carbocycles. The molecule has 144 valence electrons. The third-order valence-electron chi connectivity index (χ3n) is 3.73. The third-order valence-corrected chi connectivity index (χ3v) is 3.73. The minimum absolute atomic E-state index is 0.237. The van der Waals surface area contributed by atoms with Crippen molar-refractivity contribution < 1.29 is 14.3 Å². The normalized spacial score (nSPS) is 11.2. The van der Waals surface area contributed by atoms with Crippen molar-refractivity contribution >= 4 is 23.1 Å². The van der Waals surface area contributed by atoms with E-state index < -0.39 is 17.2 Å². The monoisotopic (exact) mass is 381 g/mol. The number of carbonyl (C=O) groups is 1. The molecular weight excluding hydrogens is 362 g/mol. The maximum atomic E-state index is 12.5. The van der Waals surface area contributed by atoms with E-state index in [2.05, 4.69) is 10.1 Å². The van der Waals surface area contributed by atoms with Gasteiger partial charge in [0.25, 0.3) is 5.56 Å². The molecule has 3 aromatic rings. The predicted octanol–water partition coefficient (Wildman–Crippen LogP) is 1.90. The van der Waals surface area contributed by atoms with Gasteiger partial charge in [0.15, 0.2) is 6.61 Å². The fourth-order valence-electron chi connectivity index (χ4n) is 2.53. The topological polar surface area (TPSA) is 103 Å². The standard InChI is InChI=1S/C20H19N3O5/c1-13(2)28-18(24)12-27-17-10-6-3-7-14(17)11-21-23-19(25)15-8-4-5-9-16(15)22-20(23)26/h3-11,13H,12H2,1-2H3,(H,22,26). The van der Waals surface area contributed by atoms with Crippen LogP contribution in [0.4, 0.5) is 0 Å². The van der Waals surface area contributed by atoms with Gasteiger partial charge >= 0.3 is 11.7 Å². The molecule has 0 amide bonds. The van der Waals surface area contributed by atoms with Gasteiger partial charge in [-0.1, -0.05) is 24.3 Å². The number of hydrogen-bond acceptors (Lipinski definition) is 6. The summed E-state index contributed by atoms with van der Waals surface area (Å²) in [7, 11) is 0. The average molecular weight is 381 g/mol. The molecule has 0 atom stereocenters. The van der Waals surface area contributed by atoms with Crippen molar-refractivity contribution in [3.05, 3.63) is 74.9 Å². The van der Waals surface area contributed by atoms with Crippen molar-refractivity contribution in [3.8, 4) is 5.75 Å². The molecule has 3 rings (SSSR count). The van der Waals surface area contributed by atoms with Crippen LogP contribution in [0.15, 0.2) is 63.2 Å². The summed E-state index contributed by atoms with van der Waals surface area (Å²) in [6, 6.07) is 13.5. The SMILES string of the molecule is CC(C)OC(=O)COc1ccccc1C=Nn1c(=O)[nH]c2ccccc2c1=O. The summed E-state index contributed by atoms with van der Waals surface area (Å²) < 4.78 is 11.2. The minimum atomic E-state index is -0.654. The Labute approximate surface area is 160 Å². The van der Waals surface area contributed by atoms with Crippen molar-refractivity contribution in [2.75, 3.05) is 6.61 Å². The smallest absolute Gasteiger partial charge is 0.349 e. The number of hydrogen-bond donors (Lipinski definition) is 1. The molecule has 28 heavy (non-hydrogen) atoms. The molecule has 0 aliphatic rings. The van der Waals surface area contributed by atoms with Gasteiger partial charge in [0, 0.05) is 5.56 Å². The second-order valence-electron chi connectivity index (χ2n) is 6.20. The number of esters is 1. The first-order valence-electron chi connectivity index (χ1n) is 8.65. The Bertz CT molecular complexity index is 1140. The summed E-state index contributed by atoms with van der Waals surface area (Å²) >= 11 is 0. The zero-order valence-electron chi connectivity index (χ0n) is 15.4. The van der Waals surface area contributed by atoms with E-state index in [-0.39, 0.29) is 12.7 Å². The fraction of sp³-hybridized carbons (Fsp3) is 0.200. The summed E-state index contributed by atoms with van der Waals surface area (Å²) in [5.74, 6) is -0.124. The van der Waals surface area contributed by atoms with Gasteiger partial charge in [0.05, 0.1) is 23.2 Å². The van der Waals surface area contributed by atoms with Crippen LogP contribution >= 0.6 is 0 Å². The van der Waals surface area contributed by atoms with Gasteiger partial charge < -0.3 is 14.5 Å². The summed E-state index contributed by atoms with van der Waals surface area (Å²) in [4.78, 5) is 39.0. The predicted molar refractivity (Wildman–Crippen MR) is 105 cm³/mol. The van der Waals surface area contributed by atoms with E-state index >= 15 is 0 Å². The lowest BCUT2D eigenvalue weighted by molar-refractivity contribution is -0.149. The molecule has 0 fully saturated rings. The van der Waals surface area contributed by atoms with E-state index in [0.717, 1.165) is 4.68 Å². The zero-order valence-corrected chi connectivity index (χ0v) is 15.4. The Balaban J connectivity index is 1.88. The zero-order chi connectivity index (χ0) is 20.1. The first-order chi connectivity index (χ1) is 13.5. The van der Waals surface area contributed by atoms with Crippen LogP contribution in [0.5, 0.6) is 5.75 Å². The van der Waals surface area contributed by atoms with Crippen molar-refractivity contribution in [1.29, 1.82) is 0 Å².